The van der Waals surface area contributed by atoms with Crippen molar-refractivity contribution in [3.05, 3.63) is 53.1 Å². The average Bonchev–Trinajstić information content (AvgIpc) is 2.38. The molecule has 1 heterocycles. The molecule has 0 bridgehead atoms. The molecule has 0 amide bonds. The first kappa shape index (κ1) is 12.9. The number of phenols is 2. The summed E-state index contributed by atoms with van der Waals surface area (Å²) in [6.07, 6.45) is 0.362. The van der Waals surface area contributed by atoms with Crippen molar-refractivity contribution in [3.63, 3.8) is 0 Å². The lowest BCUT2D eigenvalue weighted by Gasteiger charge is -2.27. The summed E-state index contributed by atoms with van der Waals surface area (Å²) < 4.78 is 5.88. The van der Waals surface area contributed by atoms with Crippen molar-refractivity contribution >= 4 is 17.1 Å². The second kappa shape index (κ2) is 4.80. The number of phenolic OH excluding ortho intramolecular Hbond substituents is 2. The highest BCUT2D eigenvalue weighted by atomic mass is 32.1. The molecule has 0 saturated heterocycles. The Hall–Kier alpha value is -2.07. The fourth-order valence-electron chi connectivity index (χ4n) is 2.39. The van der Waals surface area contributed by atoms with E-state index in [1.807, 2.05) is 31.2 Å². The lowest BCUT2D eigenvalue weighted by molar-refractivity contribution is 0.205. The van der Waals surface area contributed by atoms with Crippen LogP contribution in [-0.2, 0) is 0 Å². The van der Waals surface area contributed by atoms with Gasteiger partial charge < -0.3 is 14.9 Å². The first-order valence-corrected chi connectivity index (χ1v) is 6.78. The maximum atomic E-state index is 9.87. The van der Waals surface area contributed by atoms with Crippen LogP contribution in [-0.4, -0.2) is 15.1 Å². The van der Waals surface area contributed by atoms with Crippen molar-refractivity contribution in [3.8, 4) is 17.2 Å². The van der Waals surface area contributed by atoms with Gasteiger partial charge in [-0.1, -0.05) is 42.0 Å². The molecule has 4 heteroatoms. The monoisotopic (exact) mass is 286 g/mol. The van der Waals surface area contributed by atoms with Gasteiger partial charge in [0.25, 0.3) is 0 Å². The molecule has 1 aliphatic rings. The van der Waals surface area contributed by atoms with Gasteiger partial charge in [-0.25, -0.2) is 0 Å². The molecule has 0 aromatic heterocycles. The van der Waals surface area contributed by atoms with Crippen molar-refractivity contribution in [1.29, 1.82) is 0 Å². The molecule has 2 N–H and O–H groups in total. The van der Waals surface area contributed by atoms with Gasteiger partial charge in [0, 0.05) is 23.4 Å². The number of rotatable bonds is 1. The van der Waals surface area contributed by atoms with Crippen molar-refractivity contribution in [2.75, 3.05) is 0 Å². The van der Waals surface area contributed by atoms with Crippen molar-refractivity contribution in [2.45, 2.75) is 19.4 Å². The average molecular weight is 286 g/mol. The zero-order valence-electron chi connectivity index (χ0n) is 11.0. The van der Waals surface area contributed by atoms with Crippen LogP contribution in [0.5, 0.6) is 17.2 Å². The van der Waals surface area contributed by atoms with Crippen LogP contribution >= 0.6 is 12.2 Å². The minimum atomic E-state index is -0.184. The van der Waals surface area contributed by atoms with E-state index in [1.165, 1.54) is 17.7 Å². The van der Waals surface area contributed by atoms with Crippen LogP contribution in [0, 0.1) is 6.92 Å². The number of hydrogen-bond acceptors (Lipinski definition) is 4. The SMILES string of the molecule is Cc1ccc(C2CC(=S)c3c(O)cc(O)cc3O2)cc1. The summed E-state index contributed by atoms with van der Waals surface area (Å²) in [7, 11) is 0. The van der Waals surface area contributed by atoms with E-state index in [2.05, 4.69) is 0 Å². The standard InChI is InChI=1S/C16H14O3S/c1-9-2-4-10(5-3-9)13-8-15(20)16-12(18)6-11(17)7-14(16)19-13/h2-7,13,17-18H,8H2,1H3. The zero-order chi connectivity index (χ0) is 14.3. The summed E-state index contributed by atoms with van der Waals surface area (Å²) in [6.45, 7) is 2.03. The topological polar surface area (TPSA) is 49.7 Å². The van der Waals surface area contributed by atoms with Crippen LogP contribution in [0.1, 0.15) is 29.2 Å². The number of benzene rings is 2. The van der Waals surface area contributed by atoms with Crippen LogP contribution in [0.15, 0.2) is 36.4 Å². The second-order valence-electron chi connectivity index (χ2n) is 4.98. The van der Waals surface area contributed by atoms with Gasteiger partial charge in [0.2, 0.25) is 0 Å². The predicted octanol–water partition coefficient (Wildman–Crippen LogP) is 3.65. The van der Waals surface area contributed by atoms with E-state index in [9.17, 15) is 10.2 Å². The zero-order valence-corrected chi connectivity index (χ0v) is 11.8. The second-order valence-corrected chi connectivity index (χ2v) is 5.48. The summed E-state index contributed by atoms with van der Waals surface area (Å²) in [5, 5.41) is 19.4. The van der Waals surface area contributed by atoms with Gasteiger partial charge in [0.1, 0.15) is 23.4 Å². The van der Waals surface area contributed by atoms with Gasteiger partial charge in [-0.05, 0) is 12.5 Å². The van der Waals surface area contributed by atoms with Gasteiger partial charge in [-0.2, -0.15) is 0 Å². The Labute approximate surface area is 122 Å². The molecule has 0 fully saturated rings. The summed E-state index contributed by atoms with van der Waals surface area (Å²) in [5.74, 6) is 0.366. The summed E-state index contributed by atoms with van der Waals surface area (Å²) >= 11 is 5.37. The van der Waals surface area contributed by atoms with Crippen LogP contribution < -0.4 is 4.74 Å². The Balaban J connectivity index is 2.00. The molecule has 3 nitrogen and oxygen atoms in total. The number of hydrogen-bond donors (Lipinski definition) is 2. The van der Waals surface area contributed by atoms with Crippen LogP contribution in [0.25, 0.3) is 0 Å². The van der Waals surface area contributed by atoms with E-state index in [-0.39, 0.29) is 17.6 Å². The molecule has 0 radical (unpaired) electrons. The summed E-state index contributed by atoms with van der Waals surface area (Å²) in [5.41, 5.74) is 2.73. The maximum Gasteiger partial charge on any atom is 0.136 e. The first-order chi connectivity index (χ1) is 9.54. The molecule has 0 saturated carbocycles. The van der Waals surface area contributed by atoms with Gasteiger partial charge >= 0.3 is 0 Å². The number of fused-ring (bicyclic) bond motifs is 1. The third-order valence-electron chi connectivity index (χ3n) is 3.43. The Bertz CT molecular complexity index is 677. The Morgan fingerprint density at radius 1 is 1.15 bits per heavy atom. The quantitative estimate of drug-likeness (QED) is 0.786. The molecule has 2 aromatic carbocycles. The minimum Gasteiger partial charge on any atom is -0.508 e. The summed E-state index contributed by atoms with van der Waals surface area (Å²) in [6, 6.07) is 10.8. The Morgan fingerprint density at radius 3 is 2.55 bits per heavy atom. The molecule has 1 unspecified atom stereocenters. The molecule has 1 atom stereocenters. The van der Waals surface area contributed by atoms with E-state index < -0.39 is 0 Å². The predicted molar refractivity (Wildman–Crippen MR) is 80.6 cm³/mol. The molecule has 20 heavy (non-hydrogen) atoms. The van der Waals surface area contributed by atoms with Crippen LogP contribution in [0.4, 0.5) is 0 Å². The van der Waals surface area contributed by atoms with E-state index in [0.717, 1.165) is 5.56 Å². The fraction of sp³-hybridized carbons (Fsp3) is 0.188. The van der Waals surface area contributed by atoms with Crippen LogP contribution in [0.3, 0.4) is 0 Å². The van der Waals surface area contributed by atoms with Gasteiger partial charge in [0.05, 0.1) is 5.56 Å². The number of aromatic hydroxyl groups is 2. The molecular weight excluding hydrogens is 272 g/mol. The number of ether oxygens (including phenoxy) is 1. The van der Waals surface area contributed by atoms with E-state index >= 15 is 0 Å². The van der Waals surface area contributed by atoms with Gasteiger partial charge in [-0.15, -0.1) is 0 Å². The van der Waals surface area contributed by atoms with E-state index in [1.54, 1.807) is 0 Å². The molecule has 0 aliphatic carbocycles. The number of thiocarbonyl (C=S) groups is 1. The number of aryl methyl sites for hydroxylation is 1. The lowest BCUT2D eigenvalue weighted by Crippen LogP contribution is -2.19. The summed E-state index contributed by atoms with van der Waals surface area (Å²) in [4.78, 5) is 0.648. The van der Waals surface area contributed by atoms with E-state index in [4.69, 9.17) is 17.0 Å². The molecule has 102 valence electrons. The fourth-order valence-corrected chi connectivity index (χ4v) is 2.75. The minimum absolute atomic E-state index is 0.0337. The largest absolute Gasteiger partial charge is 0.508 e. The van der Waals surface area contributed by atoms with Crippen molar-refractivity contribution in [1.82, 2.24) is 0 Å². The third kappa shape index (κ3) is 2.23. The Morgan fingerprint density at radius 2 is 1.85 bits per heavy atom. The van der Waals surface area contributed by atoms with E-state index in [0.29, 0.717) is 22.6 Å². The molecule has 2 aromatic rings. The van der Waals surface area contributed by atoms with Gasteiger partial charge in [0.15, 0.2) is 0 Å². The molecule has 0 spiro atoms. The highest BCUT2D eigenvalue weighted by molar-refractivity contribution is 7.80. The smallest absolute Gasteiger partial charge is 0.136 e. The first-order valence-electron chi connectivity index (χ1n) is 6.37. The molecule has 3 rings (SSSR count). The van der Waals surface area contributed by atoms with Crippen LogP contribution in [0.2, 0.25) is 0 Å². The lowest BCUT2D eigenvalue weighted by atomic mass is 9.96. The van der Waals surface area contributed by atoms with Gasteiger partial charge in [-0.3, -0.25) is 0 Å². The third-order valence-corrected chi connectivity index (χ3v) is 3.80. The molecular formula is C16H14O3S. The van der Waals surface area contributed by atoms with Crippen molar-refractivity contribution in [2.24, 2.45) is 0 Å². The highest BCUT2D eigenvalue weighted by Gasteiger charge is 2.28. The normalized spacial score (nSPS) is 17.4. The Kier molecular flexibility index (Phi) is 3.10. The molecule has 1 aliphatic heterocycles. The van der Waals surface area contributed by atoms with Crippen molar-refractivity contribution < 1.29 is 14.9 Å². The maximum absolute atomic E-state index is 9.87. The highest BCUT2D eigenvalue weighted by Crippen LogP contribution is 2.41.